The van der Waals surface area contributed by atoms with E-state index in [1.165, 1.54) is 0 Å². The Kier molecular flexibility index (Phi) is 10.6. The van der Waals surface area contributed by atoms with Crippen LogP contribution in [0.5, 0.6) is 5.75 Å². The van der Waals surface area contributed by atoms with Crippen molar-refractivity contribution in [2.45, 2.75) is 57.4 Å². The molecule has 2 atom stereocenters. The molecule has 0 fully saturated rings. The van der Waals surface area contributed by atoms with Gasteiger partial charge in [-0.05, 0) is 44.1 Å². The molecule has 0 aliphatic carbocycles. The molecule has 1 aromatic heterocycles. The van der Waals surface area contributed by atoms with Gasteiger partial charge in [-0.2, -0.15) is 0 Å². The smallest absolute Gasteiger partial charge is 0.508 e. The van der Waals surface area contributed by atoms with E-state index in [-0.39, 0.29) is 11.1 Å². The summed E-state index contributed by atoms with van der Waals surface area (Å²) >= 11 is 0. The molecule has 2 unspecified atom stereocenters. The van der Waals surface area contributed by atoms with Gasteiger partial charge in [0, 0.05) is 59.8 Å². The predicted octanol–water partition coefficient (Wildman–Crippen LogP) is 5.27. The number of hydrogen-bond acceptors (Lipinski definition) is 8. The summed E-state index contributed by atoms with van der Waals surface area (Å²) in [5, 5.41) is 0.994. The molecule has 2 rings (SSSR count). The van der Waals surface area contributed by atoms with Crippen molar-refractivity contribution in [3.63, 3.8) is 0 Å². The summed E-state index contributed by atoms with van der Waals surface area (Å²) < 4.78 is 42.5. The van der Waals surface area contributed by atoms with Gasteiger partial charge in [0.15, 0.2) is 0 Å². The highest BCUT2D eigenvalue weighted by atomic mass is 28.4. The van der Waals surface area contributed by atoms with E-state index >= 15 is 0 Å². The molecule has 1 heterocycles. The van der Waals surface area contributed by atoms with E-state index in [9.17, 15) is 0 Å². The Morgan fingerprint density at radius 2 is 1.20 bits per heavy atom. The highest BCUT2D eigenvalue weighted by molar-refractivity contribution is 6.70. The lowest BCUT2D eigenvalue weighted by molar-refractivity contribution is 0.111. The number of hydrogen-bond donors (Lipinski definition) is 0. The van der Waals surface area contributed by atoms with Crippen molar-refractivity contribution < 1.29 is 31.0 Å². The van der Waals surface area contributed by atoms with Crippen LogP contribution in [-0.4, -0.2) is 73.6 Å². The summed E-state index contributed by atoms with van der Waals surface area (Å²) in [6, 6.07) is 6.22. The van der Waals surface area contributed by atoms with E-state index in [1.54, 1.807) is 48.9 Å². The lowest BCUT2D eigenvalue weighted by Crippen LogP contribution is -2.50. The highest BCUT2D eigenvalue weighted by Crippen LogP contribution is 2.46. The quantitative estimate of drug-likeness (QED) is 0.299. The summed E-state index contributed by atoms with van der Waals surface area (Å²) in [5.41, 5.74) is 2.54. The van der Waals surface area contributed by atoms with Crippen molar-refractivity contribution in [3.05, 3.63) is 35.5 Å². The van der Waals surface area contributed by atoms with Gasteiger partial charge in [0.25, 0.3) is 0 Å². The molecule has 8 nitrogen and oxygen atoms in total. The topological polar surface area (TPSA) is 77.5 Å². The molecule has 35 heavy (non-hydrogen) atoms. The zero-order valence-electron chi connectivity index (χ0n) is 23.2. The second-order valence-electron chi connectivity index (χ2n) is 9.35. The van der Waals surface area contributed by atoms with E-state index in [2.05, 4.69) is 45.6 Å². The van der Waals surface area contributed by atoms with Crippen molar-refractivity contribution in [3.8, 4) is 5.75 Å². The average Bonchev–Trinajstić information content (AvgIpc) is 2.86. The minimum atomic E-state index is -3.10. The van der Waals surface area contributed by atoms with Gasteiger partial charge in [0.2, 0.25) is 8.32 Å². The van der Waals surface area contributed by atoms with E-state index in [0.29, 0.717) is 0 Å². The first-order valence-corrected chi connectivity index (χ1v) is 19.0. The average molecular weight is 542 g/mol. The molecule has 0 saturated heterocycles. The van der Waals surface area contributed by atoms with Crippen LogP contribution in [0.4, 0.5) is 0 Å². The molecular formula is C24H43NO7Si3. The molecule has 0 saturated carbocycles. The third-order valence-corrected chi connectivity index (χ3v) is 13.8. The zero-order valence-corrected chi connectivity index (χ0v) is 26.2. The lowest BCUT2D eigenvalue weighted by Gasteiger charge is -2.36. The second-order valence-corrected chi connectivity index (χ2v) is 20.0. The van der Waals surface area contributed by atoms with Gasteiger partial charge < -0.3 is 31.0 Å². The number of rotatable bonds is 14. The molecule has 0 aliphatic heterocycles. The largest absolute Gasteiger partial charge is 0.543 e. The maximum absolute atomic E-state index is 6.74. The molecule has 0 radical (unpaired) electrons. The summed E-state index contributed by atoms with van der Waals surface area (Å²) in [4.78, 5) is 4.82. The van der Waals surface area contributed by atoms with Crippen molar-refractivity contribution in [2.24, 2.45) is 0 Å². The second kappa shape index (κ2) is 12.4. The van der Waals surface area contributed by atoms with Crippen molar-refractivity contribution >= 4 is 36.8 Å². The van der Waals surface area contributed by atoms with Gasteiger partial charge in [0.1, 0.15) is 11.3 Å². The first kappa shape index (κ1) is 30.1. The number of aromatic nitrogens is 1. The monoisotopic (exact) mass is 541 g/mol. The minimum Gasteiger partial charge on any atom is -0.543 e. The van der Waals surface area contributed by atoms with Gasteiger partial charge in [-0.25, -0.2) is 0 Å². The summed E-state index contributed by atoms with van der Waals surface area (Å²) in [6.07, 6.45) is 3.30. The van der Waals surface area contributed by atoms with Crippen LogP contribution in [0.1, 0.15) is 48.9 Å². The zero-order chi connectivity index (χ0) is 26.4. The van der Waals surface area contributed by atoms with Crippen LogP contribution < -0.4 is 4.43 Å². The Bertz CT molecular complexity index is 945. The Hall–Kier alpha value is -1.16. The van der Waals surface area contributed by atoms with Crippen LogP contribution >= 0.6 is 0 Å². The molecule has 198 valence electrons. The SMILES string of the molecule is CCC(c1cc(C(CC)[Si](OC)(OC)OC)c2cccnc2c1O[Si](C)(C)C)[Si](OC)(OC)OC. The third-order valence-electron chi connectivity index (χ3n) is 6.44. The highest BCUT2D eigenvalue weighted by Gasteiger charge is 2.51. The molecule has 0 amide bonds. The molecular weight excluding hydrogens is 499 g/mol. The molecule has 0 aliphatic rings. The van der Waals surface area contributed by atoms with Gasteiger partial charge in [-0.1, -0.05) is 26.0 Å². The molecule has 0 bridgehead atoms. The molecule has 0 N–H and O–H groups in total. The van der Waals surface area contributed by atoms with E-state index < -0.39 is 25.9 Å². The fourth-order valence-corrected chi connectivity index (χ4v) is 10.7. The predicted molar refractivity (Wildman–Crippen MR) is 145 cm³/mol. The van der Waals surface area contributed by atoms with Gasteiger partial charge in [0.05, 0.1) is 11.1 Å². The minimum absolute atomic E-state index is 0.116. The number of nitrogens with zero attached hydrogens (tertiary/aromatic N) is 1. The summed E-state index contributed by atoms with van der Waals surface area (Å²) in [7, 11) is 1.74. The van der Waals surface area contributed by atoms with Crippen LogP contribution in [0.15, 0.2) is 24.4 Å². The van der Waals surface area contributed by atoms with Crippen LogP contribution in [-0.2, 0) is 26.6 Å². The first-order valence-electron chi connectivity index (χ1n) is 12.0. The number of fused-ring (bicyclic) bond motifs is 1. The maximum atomic E-state index is 6.74. The standard InChI is InChI=1S/C24H43NO7Si3/c1-12-21(34(26-3,27-4)28-5)19-17-20(22(13-2)35(29-6,30-7)31-8)24(32-33(9,10)11)23-18(19)15-14-16-25-23/h14-17,21-22H,12-13H2,1-11H3. The van der Waals surface area contributed by atoms with Crippen molar-refractivity contribution in [1.29, 1.82) is 0 Å². The Morgan fingerprint density at radius 3 is 1.60 bits per heavy atom. The number of benzene rings is 1. The van der Waals surface area contributed by atoms with Gasteiger partial charge in [-0.3, -0.25) is 4.98 Å². The van der Waals surface area contributed by atoms with E-state index in [0.717, 1.165) is 40.6 Å². The summed E-state index contributed by atoms with van der Waals surface area (Å²) in [5.74, 6) is 0.771. The van der Waals surface area contributed by atoms with Gasteiger partial charge in [-0.15, -0.1) is 0 Å². The lowest BCUT2D eigenvalue weighted by atomic mass is 9.97. The maximum Gasteiger partial charge on any atom is 0.508 e. The van der Waals surface area contributed by atoms with Gasteiger partial charge >= 0.3 is 17.6 Å². The van der Waals surface area contributed by atoms with Crippen molar-refractivity contribution in [1.82, 2.24) is 4.98 Å². The Morgan fingerprint density at radius 1 is 0.743 bits per heavy atom. The molecule has 0 spiro atoms. The van der Waals surface area contributed by atoms with E-state index in [1.807, 2.05) is 6.07 Å². The Balaban J connectivity index is 3.05. The van der Waals surface area contributed by atoms with E-state index in [4.69, 9.17) is 36.0 Å². The normalized spacial score (nSPS) is 14.8. The van der Waals surface area contributed by atoms with Crippen LogP contribution in [0.3, 0.4) is 0 Å². The third kappa shape index (κ3) is 5.89. The van der Waals surface area contributed by atoms with Crippen molar-refractivity contribution in [2.75, 3.05) is 42.7 Å². The molecule has 1 aromatic carbocycles. The fraction of sp³-hybridized carbons (Fsp3) is 0.625. The first-order chi connectivity index (χ1) is 16.6. The Labute approximate surface area is 214 Å². The molecule has 11 heteroatoms. The fourth-order valence-electron chi connectivity index (χ4n) is 4.90. The van der Waals surface area contributed by atoms with Crippen LogP contribution in [0, 0.1) is 0 Å². The summed E-state index contributed by atoms with van der Waals surface area (Å²) in [6.45, 7) is 10.7. The number of pyridine rings is 1. The molecule has 2 aromatic rings. The van der Waals surface area contributed by atoms with Crippen LogP contribution in [0.25, 0.3) is 10.9 Å². The van der Waals surface area contributed by atoms with Crippen LogP contribution in [0.2, 0.25) is 19.6 Å².